The number of benzene rings is 2. The highest BCUT2D eigenvalue weighted by Gasteiger charge is 2.10. The lowest BCUT2D eigenvalue weighted by molar-refractivity contribution is 0.297. The Labute approximate surface area is 159 Å². The molecule has 1 aliphatic rings. The van der Waals surface area contributed by atoms with Crippen molar-refractivity contribution in [2.45, 2.75) is 19.5 Å². The average Bonchev–Trinajstić information content (AvgIpc) is 2.95. The molecule has 27 heavy (non-hydrogen) atoms. The zero-order chi connectivity index (χ0) is 19.1. The molecule has 0 aromatic heterocycles. The molecule has 0 spiro atoms. The van der Waals surface area contributed by atoms with Crippen LogP contribution in [-0.2, 0) is 13.1 Å². The van der Waals surface area contributed by atoms with Gasteiger partial charge in [-0.05, 0) is 35.4 Å². The molecule has 0 bridgehead atoms. The van der Waals surface area contributed by atoms with Gasteiger partial charge in [0.15, 0.2) is 29.0 Å². The summed E-state index contributed by atoms with van der Waals surface area (Å²) in [5.74, 6) is 3.28. The number of nitrogens with one attached hydrogen (secondary N) is 1. The van der Waals surface area contributed by atoms with Crippen LogP contribution in [0.15, 0.2) is 41.4 Å². The monoisotopic (exact) mass is 371 g/mol. The van der Waals surface area contributed by atoms with Crippen LogP contribution in [0.4, 0.5) is 0 Å². The van der Waals surface area contributed by atoms with Crippen LogP contribution in [0.3, 0.4) is 0 Å². The second kappa shape index (κ2) is 9.02. The average molecular weight is 371 g/mol. The number of ether oxygens (including phenoxy) is 4. The first kappa shape index (κ1) is 18.7. The van der Waals surface area contributed by atoms with Gasteiger partial charge in [0.05, 0.1) is 34.0 Å². The molecule has 1 aliphatic heterocycles. The summed E-state index contributed by atoms with van der Waals surface area (Å²) in [5.41, 5.74) is 8.01. The van der Waals surface area contributed by atoms with Crippen molar-refractivity contribution in [2.75, 3.05) is 27.4 Å². The van der Waals surface area contributed by atoms with Gasteiger partial charge in [-0.2, -0.15) is 0 Å². The van der Waals surface area contributed by atoms with E-state index in [1.807, 2.05) is 36.4 Å². The van der Waals surface area contributed by atoms with Crippen molar-refractivity contribution >= 4 is 5.96 Å². The molecule has 144 valence electrons. The third-order valence-corrected chi connectivity index (χ3v) is 4.17. The third kappa shape index (κ3) is 4.97. The molecule has 0 amide bonds. The Balaban J connectivity index is 1.58. The number of aliphatic imine (C=N–C) groups is 1. The largest absolute Gasteiger partial charge is 0.493 e. The molecule has 7 nitrogen and oxygen atoms in total. The number of guanidine groups is 1. The van der Waals surface area contributed by atoms with Crippen molar-refractivity contribution in [1.29, 1.82) is 0 Å². The normalized spacial score (nSPS) is 13.6. The fraction of sp³-hybridized carbons (Fsp3) is 0.350. The van der Waals surface area contributed by atoms with Gasteiger partial charge in [0.25, 0.3) is 0 Å². The Morgan fingerprint density at radius 1 is 1.00 bits per heavy atom. The van der Waals surface area contributed by atoms with E-state index in [-0.39, 0.29) is 0 Å². The van der Waals surface area contributed by atoms with Crippen LogP contribution in [0.25, 0.3) is 0 Å². The summed E-state index contributed by atoms with van der Waals surface area (Å²) in [6.45, 7) is 2.34. The molecule has 0 saturated carbocycles. The summed E-state index contributed by atoms with van der Waals surface area (Å²) < 4.78 is 21.9. The lowest BCUT2D eigenvalue weighted by Gasteiger charge is -2.11. The fourth-order valence-corrected chi connectivity index (χ4v) is 2.72. The molecular weight excluding hydrogens is 346 g/mol. The Morgan fingerprint density at radius 2 is 1.74 bits per heavy atom. The standard InChI is InChI=1S/C20H25N3O4/c1-24-16-6-4-14(10-18(16)25-2)12-22-20(21)23-13-15-5-7-17-19(11-15)27-9-3-8-26-17/h4-7,10-11H,3,8-9,12-13H2,1-2H3,(H3,21,22,23). The maximum Gasteiger partial charge on any atom is 0.189 e. The minimum atomic E-state index is 0.372. The fourth-order valence-electron chi connectivity index (χ4n) is 2.72. The van der Waals surface area contributed by atoms with Crippen molar-refractivity contribution in [3.05, 3.63) is 47.5 Å². The Bertz CT molecular complexity index is 808. The molecule has 2 aromatic carbocycles. The molecule has 0 saturated heterocycles. The van der Waals surface area contributed by atoms with Crippen molar-refractivity contribution in [3.63, 3.8) is 0 Å². The van der Waals surface area contributed by atoms with Gasteiger partial charge in [0.2, 0.25) is 0 Å². The maximum absolute atomic E-state index is 5.99. The molecule has 0 unspecified atom stereocenters. The van der Waals surface area contributed by atoms with E-state index in [0.29, 0.717) is 43.8 Å². The van der Waals surface area contributed by atoms with Crippen molar-refractivity contribution in [3.8, 4) is 23.0 Å². The number of nitrogens with two attached hydrogens (primary N) is 1. The lowest BCUT2D eigenvalue weighted by Crippen LogP contribution is -2.31. The molecule has 1 heterocycles. The molecule has 0 fully saturated rings. The SMILES string of the molecule is COc1ccc(CNC(N)=NCc2ccc3c(c2)OCCCO3)cc1OC. The van der Waals surface area contributed by atoms with E-state index >= 15 is 0 Å². The summed E-state index contributed by atoms with van der Waals surface area (Å²) in [6, 6.07) is 11.6. The van der Waals surface area contributed by atoms with E-state index < -0.39 is 0 Å². The number of fused-ring (bicyclic) bond motifs is 1. The van der Waals surface area contributed by atoms with Crippen LogP contribution in [0.2, 0.25) is 0 Å². The van der Waals surface area contributed by atoms with Gasteiger partial charge in [-0.1, -0.05) is 12.1 Å². The highest BCUT2D eigenvalue weighted by Crippen LogP contribution is 2.30. The first-order valence-corrected chi connectivity index (χ1v) is 8.83. The molecule has 0 aliphatic carbocycles. The van der Waals surface area contributed by atoms with E-state index in [0.717, 1.165) is 29.0 Å². The van der Waals surface area contributed by atoms with Gasteiger partial charge < -0.3 is 30.0 Å². The molecule has 2 aromatic rings. The summed E-state index contributed by atoms with van der Waals surface area (Å²) >= 11 is 0. The molecule has 0 radical (unpaired) electrons. The van der Waals surface area contributed by atoms with E-state index in [4.69, 9.17) is 24.7 Å². The van der Waals surface area contributed by atoms with Gasteiger partial charge in [0, 0.05) is 13.0 Å². The number of rotatable bonds is 6. The van der Waals surface area contributed by atoms with Gasteiger partial charge >= 0.3 is 0 Å². The van der Waals surface area contributed by atoms with Crippen LogP contribution in [0, 0.1) is 0 Å². The van der Waals surface area contributed by atoms with Gasteiger partial charge in [-0.15, -0.1) is 0 Å². The van der Waals surface area contributed by atoms with Crippen LogP contribution in [0.1, 0.15) is 17.5 Å². The highest BCUT2D eigenvalue weighted by molar-refractivity contribution is 5.77. The predicted molar refractivity (Wildman–Crippen MR) is 104 cm³/mol. The second-order valence-electron chi connectivity index (χ2n) is 6.08. The number of hydrogen-bond acceptors (Lipinski definition) is 5. The summed E-state index contributed by atoms with van der Waals surface area (Å²) in [5, 5.41) is 3.11. The summed E-state index contributed by atoms with van der Waals surface area (Å²) in [7, 11) is 3.22. The number of nitrogens with zero attached hydrogens (tertiary/aromatic N) is 1. The quantitative estimate of drug-likeness (QED) is 0.599. The van der Waals surface area contributed by atoms with Gasteiger partial charge in [-0.3, -0.25) is 0 Å². The van der Waals surface area contributed by atoms with Crippen LogP contribution >= 0.6 is 0 Å². The summed E-state index contributed by atoms with van der Waals surface area (Å²) in [6.07, 6.45) is 0.884. The minimum absolute atomic E-state index is 0.372. The van der Waals surface area contributed by atoms with E-state index in [9.17, 15) is 0 Å². The van der Waals surface area contributed by atoms with Crippen LogP contribution in [-0.4, -0.2) is 33.4 Å². The predicted octanol–water partition coefficient (Wildman–Crippen LogP) is 2.47. The van der Waals surface area contributed by atoms with Gasteiger partial charge in [-0.25, -0.2) is 4.99 Å². The van der Waals surface area contributed by atoms with Crippen molar-refractivity contribution in [2.24, 2.45) is 10.7 Å². The first-order valence-electron chi connectivity index (χ1n) is 8.83. The Morgan fingerprint density at radius 3 is 2.52 bits per heavy atom. The van der Waals surface area contributed by atoms with Gasteiger partial charge in [0.1, 0.15) is 0 Å². The maximum atomic E-state index is 5.99. The topological polar surface area (TPSA) is 87.3 Å². The van der Waals surface area contributed by atoms with Crippen LogP contribution < -0.4 is 30.0 Å². The molecular formula is C20H25N3O4. The van der Waals surface area contributed by atoms with Crippen molar-refractivity contribution in [1.82, 2.24) is 5.32 Å². The zero-order valence-corrected chi connectivity index (χ0v) is 15.7. The molecule has 7 heteroatoms. The molecule has 3 rings (SSSR count). The Hall–Kier alpha value is -3.09. The number of hydrogen-bond donors (Lipinski definition) is 2. The van der Waals surface area contributed by atoms with Crippen molar-refractivity contribution < 1.29 is 18.9 Å². The molecule has 0 atom stereocenters. The lowest BCUT2D eigenvalue weighted by atomic mass is 10.2. The van der Waals surface area contributed by atoms with E-state index in [1.54, 1.807) is 14.2 Å². The molecule has 3 N–H and O–H groups in total. The van der Waals surface area contributed by atoms with E-state index in [1.165, 1.54) is 0 Å². The second-order valence-corrected chi connectivity index (χ2v) is 6.08. The smallest absolute Gasteiger partial charge is 0.189 e. The highest BCUT2D eigenvalue weighted by atomic mass is 16.5. The first-order chi connectivity index (χ1) is 13.2. The number of methoxy groups -OCH3 is 2. The Kier molecular flexibility index (Phi) is 6.25. The minimum Gasteiger partial charge on any atom is -0.493 e. The third-order valence-electron chi connectivity index (χ3n) is 4.17. The summed E-state index contributed by atoms with van der Waals surface area (Å²) in [4.78, 5) is 4.39. The van der Waals surface area contributed by atoms with Crippen LogP contribution in [0.5, 0.6) is 23.0 Å². The van der Waals surface area contributed by atoms with E-state index in [2.05, 4.69) is 10.3 Å². The zero-order valence-electron chi connectivity index (χ0n) is 15.7.